The van der Waals surface area contributed by atoms with Gasteiger partial charge < -0.3 is 9.47 Å². The molecule has 8 heteroatoms. The molecule has 6 nitrogen and oxygen atoms in total. The second kappa shape index (κ2) is 7.31. The van der Waals surface area contributed by atoms with E-state index in [1.807, 2.05) is 19.1 Å². The van der Waals surface area contributed by atoms with Crippen molar-refractivity contribution in [3.05, 3.63) is 46.6 Å². The normalized spacial score (nSPS) is 18.3. The van der Waals surface area contributed by atoms with E-state index in [0.717, 1.165) is 10.0 Å². The predicted molar refractivity (Wildman–Crippen MR) is 97.5 cm³/mol. The number of methoxy groups -OCH3 is 1. The van der Waals surface area contributed by atoms with E-state index in [2.05, 4.69) is 20.9 Å². The first-order valence-electron chi connectivity index (χ1n) is 7.83. The number of ether oxygens (including phenoxy) is 2. The molecule has 1 saturated heterocycles. The monoisotopic (exact) mass is 426 g/mol. The van der Waals surface area contributed by atoms with Crippen molar-refractivity contribution in [2.75, 3.05) is 20.2 Å². The second-order valence-corrected chi connectivity index (χ2v) is 8.68. The minimum Gasteiger partial charge on any atom is -0.495 e. The van der Waals surface area contributed by atoms with Crippen LogP contribution in [-0.2, 0) is 10.0 Å². The van der Waals surface area contributed by atoms with Crippen molar-refractivity contribution in [3.8, 4) is 11.6 Å². The number of nitrogens with zero attached hydrogens (tertiary/aromatic N) is 2. The van der Waals surface area contributed by atoms with Crippen LogP contribution in [0.3, 0.4) is 0 Å². The van der Waals surface area contributed by atoms with Crippen molar-refractivity contribution in [3.63, 3.8) is 0 Å². The molecule has 0 saturated carbocycles. The SMILES string of the molecule is COc1ccc(C)cc1S(=O)(=O)N1CCC(Oc2ccc(Br)cn2)C1. The molecule has 0 bridgehead atoms. The van der Waals surface area contributed by atoms with Crippen molar-refractivity contribution in [1.29, 1.82) is 0 Å². The molecule has 0 spiro atoms. The lowest BCUT2D eigenvalue weighted by molar-refractivity contribution is 0.207. The van der Waals surface area contributed by atoms with E-state index in [-0.39, 0.29) is 17.5 Å². The van der Waals surface area contributed by atoms with Crippen molar-refractivity contribution in [1.82, 2.24) is 9.29 Å². The van der Waals surface area contributed by atoms with E-state index < -0.39 is 10.0 Å². The van der Waals surface area contributed by atoms with Crippen LogP contribution in [0.25, 0.3) is 0 Å². The van der Waals surface area contributed by atoms with Crippen molar-refractivity contribution in [2.24, 2.45) is 0 Å². The minimum absolute atomic E-state index is 0.192. The van der Waals surface area contributed by atoms with Gasteiger partial charge in [0.05, 0.1) is 13.7 Å². The Kier molecular flexibility index (Phi) is 5.31. The van der Waals surface area contributed by atoms with Gasteiger partial charge in [-0.2, -0.15) is 4.31 Å². The molecule has 1 aliphatic rings. The third kappa shape index (κ3) is 3.96. The smallest absolute Gasteiger partial charge is 0.246 e. The van der Waals surface area contributed by atoms with Gasteiger partial charge in [-0.1, -0.05) is 6.07 Å². The number of sulfonamides is 1. The zero-order chi connectivity index (χ0) is 18.0. The number of aryl methyl sites for hydroxylation is 1. The maximum absolute atomic E-state index is 13.0. The minimum atomic E-state index is -3.64. The molecule has 1 unspecified atom stereocenters. The summed E-state index contributed by atoms with van der Waals surface area (Å²) in [5.74, 6) is 0.838. The molecule has 0 N–H and O–H groups in total. The Labute approximate surface area is 156 Å². The molecule has 134 valence electrons. The summed E-state index contributed by atoms with van der Waals surface area (Å²) in [7, 11) is -2.16. The third-order valence-corrected chi connectivity index (χ3v) is 6.39. The predicted octanol–water partition coefficient (Wildman–Crippen LogP) is 3.00. The van der Waals surface area contributed by atoms with E-state index in [0.29, 0.717) is 24.6 Å². The molecular weight excluding hydrogens is 408 g/mol. The van der Waals surface area contributed by atoms with Gasteiger partial charge in [0.2, 0.25) is 15.9 Å². The van der Waals surface area contributed by atoms with Crippen LogP contribution in [0.5, 0.6) is 11.6 Å². The van der Waals surface area contributed by atoms with E-state index in [1.165, 1.54) is 11.4 Å². The summed E-state index contributed by atoms with van der Waals surface area (Å²) in [4.78, 5) is 4.36. The number of aromatic nitrogens is 1. The summed E-state index contributed by atoms with van der Waals surface area (Å²) in [6.45, 7) is 2.55. The van der Waals surface area contributed by atoms with Gasteiger partial charge in [0.1, 0.15) is 16.7 Å². The zero-order valence-corrected chi connectivity index (χ0v) is 16.4. The van der Waals surface area contributed by atoms with Crippen LogP contribution in [0.15, 0.2) is 45.9 Å². The number of hydrogen-bond acceptors (Lipinski definition) is 5. The molecular formula is C17H19BrN2O4S. The zero-order valence-electron chi connectivity index (χ0n) is 14.0. The van der Waals surface area contributed by atoms with Gasteiger partial charge in [-0.05, 0) is 53.0 Å². The summed E-state index contributed by atoms with van der Waals surface area (Å²) in [6.07, 6.45) is 2.04. The van der Waals surface area contributed by atoms with Crippen LogP contribution in [-0.4, -0.2) is 44.0 Å². The van der Waals surface area contributed by atoms with E-state index in [1.54, 1.807) is 24.4 Å². The van der Waals surface area contributed by atoms with Gasteiger partial charge in [0.15, 0.2) is 0 Å². The second-order valence-electron chi connectivity index (χ2n) is 5.86. The average Bonchev–Trinajstić information content (AvgIpc) is 3.06. The molecule has 1 aromatic carbocycles. The van der Waals surface area contributed by atoms with E-state index in [4.69, 9.17) is 9.47 Å². The molecule has 0 amide bonds. The van der Waals surface area contributed by atoms with Crippen LogP contribution in [0.2, 0.25) is 0 Å². The Balaban J connectivity index is 1.76. The molecule has 1 atom stereocenters. The Hall–Kier alpha value is -1.64. The van der Waals surface area contributed by atoms with Crippen LogP contribution < -0.4 is 9.47 Å². The maximum atomic E-state index is 13.0. The molecule has 25 heavy (non-hydrogen) atoms. The highest BCUT2D eigenvalue weighted by molar-refractivity contribution is 9.10. The Morgan fingerprint density at radius 3 is 2.76 bits per heavy atom. The van der Waals surface area contributed by atoms with E-state index in [9.17, 15) is 8.42 Å². The van der Waals surface area contributed by atoms with Crippen molar-refractivity contribution in [2.45, 2.75) is 24.3 Å². The fourth-order valence-corrected chi connectivity index (χ4v) is 4.70. The molecule has 0 radical (unpaired) electrons. The Morgan fingerprint density at radius 2 is 2.08 bits per heavy atom. The number of hydrogen-bond donors (Lipinski definition) is 0. The van der Waals surface area contributed by atoms with Crippen LogP contribution in [0, 0.1) is 6.92 Å². The highest BCUT2D eigenvalue weighted by atomic mass is 79.9. The molecule has 0 aliphatic carbocycles. The molecule has 1 fully saturated rings. The lowest BCUT2D eigenvalue weighted by Crippen LogP contribution is -2.31. The fraction of sp³-hybridized carbons (Fsp3) is 0.353. The summed E-state index contributed by atoms with van der Waals surface area (Å²) < 4.78 is 39.3. The summed E-state index contributed by atoms with van der Waals surface area (Å²) in [6, 6.07) is 8.73. The molecule has 1 aromatic heterocycles. The van der Waals surface area contributed by atoms with Gasteiger partial charge in [-0.25, -0.2) is 13.4 Å². The summed E-state index contributed by atoms with van der Waals surface area (Å²) in [5.41, 5.74) is 0.866. The van der Waals surface area contributed by atoms with Crippen LogP contribution in [0.4, 0.5) is 0 Å². The first kappa shape index (κ1) is 18.2. The molecule has 1 aliphatic heterocycles. The first-order valence-corrected chi connectivity index (χ1v) is 10.1. The maximum Gasteiger partial charge on any atom is 0.246 e. The number of halogens is 1. The summed E-state index contributed by atoms with van der Waals surface area (Å²) >= 11 is 3.32. The van der Waals surface area contributed by atoms with Gasteiger partial charge in [0.25, 0.3) is 0 Å². The largest absolute Gasteiger partial charge is 0.495 e. The third-order valence-electron chi connectivity index (χ3n) is 4.03. The number of rotatable bonds is 5. The lowest BCUT2D eigenvalue weighted by Gasteiger charge is -2.19. The Bertz CT molecular complexity index is 855. The van der Waals surface area contributed by atoms with E-state index >= 15 is 0 Å². The Morgan fingerprint density at radius 1 is 1.28 bits per heavy atom. The fourth-order valence-electron chi connectivity index (χ4n) is 2.74. The standard InChI is InChI=1S/C17H19BrN2O4S/c1-12-3-5-15(23-2)16(9-12)25(21,22)20-8-7-14(11-20)24-17-6-4-13(18)10-19-17/h3-6,9-10,14H,7-8,11H2,1-2H3. The number of pyridine rings is 1. The summed E-state index contributed by atoms with van der Waals surface area (Å²) in [5, 5.41) is 0. The molecule has 2 heterocycles. The van der Waals surface area contributed by atoms with Crippen molar-refractivity contribution < 1.29 is 17.9 Å². The molecule has 2 aromatic rings. The van der Waals surface area contributed by atoms with Crippen LogP contribution in [0.1, 0.15) is 12.0 Å². The van der Waals surface area contributed by atoms with Gasteiger partial charge in [-0.15, -0.1) is 0 Å². The van der Waals surface area contributed by atoms with Crippen LogP contribution >= 0.6 is 15.9 Å². The number of benzene rings is 1. The van der Waals surface area contributed by atoms with Gasteiger partial charge >= 0.3 is 0 Å². The van der Waals surface area contributed by atoms with Gasteiger partial charge in [0, 0.05) is 23.3 Å². The molecule has 3 rings (SSSR count). The van der Waals surface area contributed by atoms with Gasteiger partial charge in [-0.3, -0.25) is 0 Å². The first-order chi connectivity index (χ1) is 11.9. The topological polar surface area (TPSA) is 68.7 Å². The average molecular weight is 427 g/mol. The van der Waals surface area contributed by atoms with Crippen molar-refractivity contribution >= 4 is 26.0 Å². The highest BCUT2D eigenvalue weighted by Crippen LogP contribution is 2.30. The lowest BCUT2D eigenvalue weighted by atomic mass is 10.2. The highest BCUT2D eigenvalue weighted by Gasteiger charge is 2.35. The quantitative estimate of drug-likeness (QED) is 0.734.